The van der Waals surface area contributed by atoms with Crippen LogP contribution in [0.15, 0.2) is 34.7 Å². The van der Waals surface area contributed by atoms with E-state index >= 15 is 0 Å². The lowest BCUT2D eigenvalue weighted by molar-refractivity contribution is -0.139. The van der Waals surface area contributed by atoms with E-state index in [9.17, 15) is 9.59 Å². The van der Waals surface area contributed by atoms with Gasteiger partial charge in [0.1, 0.15) is 11.5 Å². The molecule has 1 saturated heterocycles. The lowest BCUT2D eigenvalue weighted by atomic mass is 10.1. The van der Waals surface area contributed by atoms with Crippen LogP contribution in [0.2, 0.25) is 0 Å². The SMILES string of the molecule is CCOc1cc(C(=O)N2CCCC2c2ccc(CC)o2)ccc1OCC(=O)O. The molecule has 1 fully saturated rings. The molecule has 0 radical (unpaired) electrons. The van der Waals surface area contributed by atoms with Gasteiger partial charge in [-0.25, -0.2) is 4.79 Å². The van der Waals surface area contributed by atoms with Crippen LogP contribution >= 0.6 is 0 Å². The minimum Gasteiger partial charge on any atom is -0.490 e. The molecule has 1 amide bonds. The summed E-state index contributed by atoms with van der Waals surface area (Å²) in [4.78, 5) is 25.7. The van der Waals surface area contributed by atoms with Crippen molar-refractivity contribution in [1.82, 2.24) is 4.90 Å². The highest BCUT2D eigenvalue weighted by molar-refractivity contribution is 5.95. The first-order valence-electron chi connectivity index (χ1n) is 9.54. The van der Waals surface area contributed by atoms with Gasteiger partial charge in [-0.1, -0.05) is 6.92 Å². The van der Waals surface area contributed by atoms with Gasteiger partial charge >= 0.3 is 5.97 Å². The van der Waals surface area contributed by atoms with E-state index in [-0.39, 0.29) is 11.9 Å². The van der Waals surface area contributed by atoms with Crippen LogP contribution in [0.1, 0.15) is 54.6 Å². The van der Waals surface area contributed by atoms with Crippen molar-refractivity contribution in [2.24, 2.45) is 0 Å². The molecule has 3 rings (SSSR count). The van der Waals surface area contributed by atoms with Crippen LogP contribution in [0.4, 0.5) is 0 Å². The van der Waals surface area contributed by atoms with E-state index in [0.29, 0.717) is 30.2 Å². The number of benzene rings is 1. The first-order valence-corrected chi connectivity index (χ1v) is 9.54. The van der Waals surface area contributed by atoms with E-state index in [1.807, 2.05) is 30.9 Å². The molecule has 150 valence electrons. The number of carbonyl (C=O) groups excluding carboxylic acids is 1. The number of ether oxygens (including phenoxy) is 2. The second-order valence-corrected chi connectivity index (χ2v) is 6.59. The number of carboxylic acid groups (broad SMARTS) is 1. The zero-order valence-electron chi connectivity index (χ0n) is 16.1. The van der Waals surface area contributed by atoms with Gasteiger partial charge in [-0.05, 0) is 50.1 Å². The van der Waals surface area contributed by atoms with Crippen molar-refractivity contribution < 1.29 is 28.6 Å². The molecule has 2 heterocycles. The molecule has 1 aromatic carbocycles. The maximum atomic E-state index is 13.1. The molecule has 2 aromatic rings. The minimum atomic E-state index is -1.08. The van der Waals surface area contributed by atoms with Crippen LogP contribution in [0.5, 0.6) is 11.5 Å². The summed E-state index contributed by atoms with van der Waals surface area (Å²) in [6.45, 7) is 4.41. The van der Waals surface area contributed by atoms with Gasteiger partial charge in [0.2, 0.25) is 0 Å². The number of amides is 1. The predicted molar refractivity (Wildman–Crippen MR) is 102 cm³/mol. The maximum absolute atomic E-state index is 13.1. The highest BCUT2D eigenvalue weighted by Gasteiger charge is 2.33. The summed E-state index contributed by atoms with van der Waals surface area (Å²) < 4.78 is 16.7. The highest BCUT2D eigenvalue weighted by Crippen LogP contribution is 2.36. The second kappa shape index (κ2) is 8.82. The number of aliphatic carboxylic acids is 1. The molecule has 28 heavy (non-hydrogen) atoms. The van der Waals surface area contributed by atoms with E-state index in [2.05, 4.69) is 0 Å². The van der Waals surface area contributed by atoms with Crippen molar-refractivity contribution in [1.29, 1.82) is 0 Å². The molecule has 0 spiro atoms. The fraction of sp³-hybridized carbons (Fsp3) is 0.429. The van der Waals surface area contributed by atoms with E-state index in [1.54, 1.807) is 18.2 Å². The molecule has 1 N–H and O–H groups in total. The van der Waals surface area contributed by atoms with E-state index in [4.69, 9.17) is 19.0 Å². The van der Waals surface area contributed by atoms with Gasteiger partial charge in [0.15, 0.2) is 18.1 Å². The second-order valence-electron chi connectivity index (χ2n) is 6.59. The molecule has 1 atom stereocenters. The smallest absolute Gasteiger partial charge is 0.341 e. The van der Waals surface area contributed by atoms with Gasteiger partial charge in [0.25, 0.3) is 5.91 Å². The third-order valence-electron chi connectivity index (χ3n) is 4.71. The van der Waals surface area contributed by atoms with Gasteiger partial charge in [-0.2, -0.15) is 0 Å². The molecule has 1 aliphatic rings. The fourth-order valence-corrected chi connectivity index (χ4v) is 3.40. The molecule has 1 aliphatic heterocycles. The number of hydrogen-bond acceptors (Lipinski definition) is 5. The predicted octanol–water partition coefficient (Wildman–Crippen LogP) is 3.68. The standard InChI is InChI=1S/C21H25NO6/c1-3-15-8-10-17(28-15)16-6-5-11-22(16)21(25)14-7-9-18(27-13-20(23)24)19(12-14)26-4-2/h7-10,12,16H,3-6,11,13H2,1-2H3,(H,23,24). The Hall–Kier alpha value is -2.96. The van der Waals surface area contributed by atoms with E-state index in [0.717, 1.165) is 30.8 Å². The number of hydrogen-bond donors (Lipinski definition) is 1. The zero-order valence-corrected chi connectivity index (χ0v) is 16.1. The Labute approximate surface area is 163 Å². The number of rotatable bonds is 8. The largest absolute Gasteiger partial charge is 0.490 e. The van der Waals surface area contributed by atoms with Crippen molar-refractivity contribution in [3.8, 4) is 11.5 Å². The van der Waals surface area contributed by atoms with Crippen molar-refractivity contribution in [3.05, 3.63) is 47.4 Å². The Morgan fingerprint density at radius 1 is 1.18 bits per heavy atom. The van der Waals surface area contributed by atoms with Crippen LogP contribution in [-0.4, -0.2) is 41.6 Å². The maximum Gasteiger partial charge on any atom is 0.341 e. The van der Waals surface area contributed by atoms with Gasteiger partial charge in [0, 0.05) is 18.5 Å². The van der Waals surface area contributed by atoms with Crippen molar-refractivity contribution in [2.45, 2.75) is 39.2 Å². The Balaban J connectivity index is 1.82. The molecule has 7 nitrogen and oxygen atoms in total. The quantitative estimate of drug-likeness (QED) is 0.743. The van der Waals surface area contributed by atoms with E-state index < -0.39 is 12.6 Å². The number of nitrogens with zero attached hydrogens (tertiary/aromatic N) is 1. The van der Waals surface area contributed by atoms with Crippen LogP contribution in [0, 0.1) is 0 Å². The average Bonchev–Trinajstić information content (AvgIpc) is 3.35. The van der Waals surface area contributed by atoms with Crippen LogP contribution in [0.3, 0.4) is 0 Å². The first-order chi connectivity index (χ1) is 13.5. The highest BCUT2D eigenvalue weighted by atomic mass is 16.5. The lowest BCUT2D eigenvalue weighted by Crippen LogP contribution is -2.30. The minimum absolute atomic E-state index is 0.0775. The molecule has 1 aromatic heterocycles. The summed E-state index contributed by atoms with van der Waals surface area (Å²) in [5, 5.41) is 8.80. The van der Waals surface area contributed by atoms with Crippen molar-refractivity contribution >= 4 is 11.9 Å². The summed E-state index contributed by atoms with van der Waals surface area (Å²) in [7, 11) is 0. The van der Waals surface area contributed by atoms with Crippen LogP contribution in [-0.2, 0) is 11.2 Å². The average molecular weight is 387 g/mol. The third kappa shape index (κ3) is 4.30. The third-order valence-corrected chi connectivity index (χ3v) is 4.71. The number of carbonyl (C=O) groups is 2. The van der Waals surface area contributed by atoms with Crippen LogP contribution in [0.25, 0.3) is 0 Å². The van der Waals surface area contributed by atoms with Crippen LogP contribution < -0.4 is 9.47 Å². The lowest BCUT2D eigenvalue weighted by Gasteiger charge is -2.24. The zero-order chi connectivity index (χ0) is 20.1. The van der Waals surface area contributed by atoms with Gasteiger partial charge in [0.05, 0.1) is 12.6 Å². The van der Waals surface area contributed by atoms with Gasteiger partial charge < -0.3 is 23.9 Å². The Morgan fingerprint density at radius 3 is 2.68 bits per heavy atom. The number of likely N-dealkylation sites (tertiary alicyclic amines) is 1. The topological polar surface area (TPSA) is 89.2 Å². The molecule has 7 heteroatoms. The van der Waals surface area contributed by atoms with Crippen molar-refractivity contribution in [3.63, 3.8) is 0 Å². The Morgan fingerprint density at radius 2 is 2.00 bits per heavy atom. The summed E-state index contributed by atoms with van der Waals surface area (Å²) in [6.07, 6.45) is 2.59. The molecular weight excluding hydrogens is 362 g/mol. The van der Waals surface area contributed by atoms with E-state index in [1.165, 1.54) is 0 Å². The Kier molecular flexibility index (Phi) is 6.23. The molecule has 0 saturated carbocycles. The molecular formula is C21H25NO6. The number of carboxylic acids is 1. The fourth-order valence-electron chi connectivity index (χ4n) is 3.40. The monoisotopic (exact) mass is 387 g/mol. The Bertz CT molecular complexity index is 843. The number of aryl methyl sites for hydroxylation is 1. The molecule has 0 bridgehead atoms. The van der Waals surface area contributed by atoms with Gasteiger partial charge in [-0.3, -0.25) is 4.79 Å². The normalized spacial score (nSPS) is 16.2. The summed E-state index contributed by atoms with van der Waals surface area (Å²) in [5.74, 6) is 1.20. The summed E-state index contributed by atoms with van der Waals surface area (Å²) in [6, 6.07) is 8.65. The molecule has 0 aliphatic carbocycles. The number of furan rings is 1. The summed E-state index contributed by atoms with van der Waals surface area (Å²) >= 11 is 0. The first kappa shape index (κ1) is 19.8. The van der Waals surface area contributed by atoms with Gasteiger partial charge in [-0.15, -0.1) is 0 Å². The van der Waals surface area contributed by atoms with Crippen molar-refractivity contribution in [2.75, 3.05) is 19.8 Å². The molecule has 1 unspecified atom stereocenters. The summed E-state index contributed by atoms with van der Waals surface area (Å²) in [5.41, 5.74) is 0.472.